The van der Waals surface area contributed by atoms with Gasteiger partial charge in [0.15, 0.2) is 5.17 Å². The van der Waals surface area contributed by atoms with E-state index >= 15 is 0 Å². The predicted octanol–water partition coefficient (Wildman–Crippen LogP) is 4.44. The lowest BCUT2D eigenvalue weighted by molar-refractivity contribution is -0.136. The topological polar surface area (TPSA) is 71.0 Å². The summed E-state index contributed by atoms with van der Waals surface area (Å²) >= 11 is 1.51. The van der Waals surface area contributed by atoms with Gasteiger partial charge in [0, 0.05) is 11.7 Å². The van der Waals surface area contributed by atoms with Crippen LogP contribution >= 0.6 is 11.8 Å². The van der Waals surface area contributed by atoms with Crippen molar-refractivity contribution in [2.75, 3.05) is 7.11 Å². The number of amides is 1. The van der Waals surface area contributed by atoms with Crippen molar-refractivity contribution in [3.8, 4) is 0 Å². The van der Waals surface area contributed by atoms with Gasteiger partial charge in [-0.1, -0.05) is 48.0 Å². The van der Waals surface area contributed by atoms with Gasteiger partial charge >= 0.3 is 5.97 Å². The van der Waals surface area contributed by atoms with E-state index in [1.54, 1.807) is 0 Å². The zero-order chi connectivity index (χ0) is 22.4. The van der Waals surface area contributed by atoms with Crippen LogP contribution in [-0.2, 0) is 14.3 Å². The molecular formula is C25H29N3O3S. The van der Waals surface area contributed by atoms with E-state index in [2.05, 4.69) is 10.3 Å². The summed E-state index contributed by atoms with van der Waals surface area (Å²) in [6.45, 7) is 3.88. The van der Waals surface area contributed by atoms with Crippen LogP contribution in [0.5, 0.6) is 0 Å². The van der Waals surface area contributed by atoms with Gasteiger partial charge in [0.05, 0.1) is 30.8 Å². The highest BCUT2D eigenvalue weighted by Gasteiger charge is 2.42. The molecule has 5 rings (SSSR count). The minimum Gasteiger partial charge on any atom is -0.466 e. The molecule has 2 bridgehead atoms. The Hall–Kier alpha value is -2.54. The van der Waals surface area contributed by atoms with Crippen molar-refractivity contribution in [1.29, 1.82) is 0 Å². The van der Waals surface area contributed by atoms with Crippen molar-refractivity contribution in [3.05, 3.63) is 57.8 Å². The fourth-order valence-corrected chi connectivity index (χ4v) is 6.61. The number of esters is 1. The second-order valence-corrected chi connectivity index (χ2v) is 10.2. The van der Waals surface area contributed by atoms with E-state index in [-0.39, 0.29) is 18.4 Å². The summed E-state index contributed by atoms with van der Waals surface area (Å²) < 4.78 is 5.12. The number of allylic oxidation sites excluding steroid dienone is 1. The van der Waals surface area contributed by atoms with Gasteiger partial charge in [-0.15, -0.1) is 0 Å². The van der Waals surface area contributed by atoms with Crippen molar-refractivity contribution in [2.24, 2.45) is 16.8 Å². The molecule has 6 nitrogen and oxygen atoms in total. The summed E-state index contributed by atoms with van der Waals surface area (Å²) in [6.07, 6.45) is 5.19. The van der Waals surface area contributed by atoms with Gasteiger partial charge in [-0.05, 0) is 55.9 Å². The maximum Gasteiger partial charge on any atom is 0.338 e. The number of fused-ring (bicyclic) bond motifs is 3. The minimum atomic E-state index is -0.390. The van der Waals surface area contributed by atoms with E-state index in [1.165, 1.54) is 38.1 Å². The molecule has 7 heteroatoms. The number of ether oxygens (including phenoxy) is 1. The third-order valence-electron chi connectivity index (χ3n) is 7.23. The molecule has 2 saturated carbocycles. The molecule has 32 heavy (non-hydrogen) atoms. The van der Waals surface area contributed by atoms with Gasteiger partial charge in [-0.2, -0.15) is 0 Å². The number of aliphatic imine (C=N–C) groups is 1. The van der Waals surface area contributed by atoms with Gasteiger partial charge < -0.3 is 15.0 Å². The number of aryl methyl sites for hydroxylation is 1. The first-order valence-electron chi connectivity index (χ1n) is 11.3. The fraction of sp³-hybridized carbons (Fsp3) is 0.480. The predicted molar refractivity (Wildman–Crippen MR) is 126 cm³/mol. The Morgan fingerprint density at radius 1 is 1.19 bits per heavy atom. The quantitative estimate of drug-likeness (QED) is 0.671. The Morgan fingerprint density at radius 3 is 2.62 bits per heavy atom. The average molecular weight is 452 g/mol. The number of nitrogens with one attached hydrogen (secondary N) is 1. The molecule has 4 atom stereocenters. The number of benzene rings is 1. The molecule has 1 aromatic carbocycles. The molecule has 0 spiro atoms. The summed E-state index contributed by atoms with van der Waals surface area (Å²) in [5, 5.41) is 6.08. The Bertz CT molecular complexity index is 1040. The van der Waals surface area contributed by atoms with Crippen LogP contribution in [0, 0.1) is 18.8 Å². The molecule has 1 amide bonds. The van der Waals surface area contributed by atoms with E-state index < -0.39 is 5.97 Å². The third-order valence-corrected chi connectivity index (χ3v) is 8.11. The van der Waals surface area contributed by atoms with Gasteiger partial charge in [0.25, 0.3) is 0 Å². The SMILES string of the molecule is COC(=O)C1=C(C)N=C2SC=C(CC(=O)N[C@@H]3C[C@H]4CC[C@H]3C4)N2[C@H]1c1ccc(C)cc1. The number of carbonyl (C=O) groups excluding carboxylic acids is 2. The third kappa shape index (κ3) is 3.76. The van der Waals surface area contributed by atoms with Crippen LogP contribution in [0.2, 0.25) is 0 Å². The molecule has 0 aromatic heterocycles. The molecule has 0 radical (unpaired) electrons. The molecule has 2 aliphatic carbocycles. The lowest BCUT2D eigenvalue weighted by Crippen LogP contribution is -2.41. The molecule has 4 aliphatic rings. The first-order chi connectivity index (χ1) is 15.4. The van der Waals surface area contributed by atoms with Crippen molar-refractivity contribution < 1.29 is 14.3 Å². The van der Waals surface area contributed by atoms with Crippen LogP contribution in [-0.4, -0.2) is 35.1 Å². The molecule has 0 saturated heterocycles. The van der Waals surface area contributed by atoms with Crippen molar-refractivity contribution in [1.82, 2.24) is 10.2 Å². The largest absolute Gasteiger partial charge is 0.466 e. The average Bonchev–Trinajstić information content (AvgIpc) is 3.49. The highest BCUT2D eigenvalue weighted by molar-refractivity contribution is 8.16. The monoisotopic (exact) mass is 451 g/mol. The molecule has 168 valence electrons. The van der Waals surface area contributed by atoms with Gasteiger partial charge in [-0.3, -0.25) is 4.79 Å². The van der Waals surface area contributed by atoms with Crippen LogP contribution < -0.4 is 5.32 Å². The zero-order valence-electron chi connectivity index (χ0n) is 18.8. The van der Waals surface area contributed by atoms with Gasteiger partial charge in [-0.25, -0.2) is 9.79 Å². The summed E-state index contributed by atoms with van der Waals surface area (Å²) in [4.78, 5) is 32.5. The fourth-order valence-electron chi connectivity index (χ4n) is 5.65. The molecule has 1 N–H and O–H groups in total. The summed E-state index contributed by atoms with van der Waals surface area (Å²) in [5.74, 6) is 1.08. The smallest absolute Gasteiger partial charge is 0.338 e. The number of nitrogens with zero attached hydrogens (tertiary/aromatic N) is 2. The summed E-state index contributed by atoms with van der Waals surface area (Å²) in [6, 6.07) is 8.10. The number of methoxy groups -OCH3 is 1. The standard InChI is InChI=1S/C25H29N3O3S/c1-14-4-7-17(8-5-14)23-22(24(30)31-3)15(2)26-25-28(23)19(13-32-25)12-21(29)27-20-11-16-6-9-18(20)10-16/h4-5,7-8,13,16,18,20,23H,6,9-12H2,1-3H3,(H,27,29)/t16-,18-,20+,23-/m0/s1. The minimum absolute atomic E-state index is 0.0456. The highest BCUT2D eigenvalue weighted by Crippen LogP contribution is 2.46. The number of amidine groups is 1. The first-order valence-corrected chi connectivity index (χ1v) is 12.2. The van der Waals surface area contributed by atoms with E-state index in [4.69, 9.17) is 4.74 Å². The second kappa shape index (κ2) is 8.43. The first kappa shape index (κ1) is 21.3. The number of thioether (sulfide) groups is 1. The van der Waals surface area contributed by atoms with E-state index in [0.717, 1.165) is 34.3 Å². The number of carbonyl (C=O) groups is 2. The van der Waals surface area contributed by atoms with Crippen LogP contribution in [0.25, 0.3) is 0 Å². The highest BCUT2D eigenvalue weighted by atomic mass is 32.2. The summed E-state index contributed by atoms with van der Waals surface area (Å²) in [5.41, 5.74) is 4.17. The Balaban J connectivity index is 1.41. The molecule has 2 aliphatic heterocycles. The molecule has 0 unspecified atom stereocenters. The summed E-state index contributed by atoms with van der Waals surface area (Å²) in [7, 11) is 1.40. The van der Waals surface area contributed by atoms with E-state index in [1.807, 2.05) is 48.4 Å². The number of rotatable bonds is 5. The number of hydrogen-bond acceptors (Lipinski definition) is 6. The molecule has 2 heterocycles. The zero-order valence-corrected chi connectivity index (χ0v) is 19.6. The van der Waals surface area contributed by atoms with Crippen molar-refractivity contribution >= 4 is 28.8 Å². The lowest BCUT2D eigenvalue weighted by atomic mass is 9.93. The Labute approximate surface area is 193 Å². The van der Waals surface area contributed by atoms with Crippen molar-refractivity contribution in [3.63, 3.8) is 0 Å². The van der Waals surface area contributed by atoms with E-state index in [0.29, 0.717) is 23.2 Å². The van der Waals surface area contributed by atoms with E-state index in [9.17, 15) is 9.59 Å². The van der Waals surface area contributed by atoms with Crippen LogP contribution in [0.3, 0.4) is 0 Å². The normalized spacial score (nSPS) is 28.4. The maximum atomic E-state index is 13.0. The maximum absolute atomic E-state index is 13.0. The second-order valence-electron chi connectivity index (χ2n) is 9.32. The lowest BCUT2D eigenvalue weighted by Gasteiger charge is -2.36. The molecule has 2 fully saturated rings. The van der Waals surface area contributed by atoms with Gasteiger partial charge in [0.2, 0.25) is 5.91 Å². The Morgan fingerprint density at radius 2 is 1.97 bits per heavy atom. The number of hydrogen-bond donors (Lipinski definition) is 1. The molecular weight excluding hydrogens is 422 g/mol. The van der Waals surface area contributed by atoms with Crippen LogP contribution in [0.15, 0.2) is 51.6 Å². The molecule has 1 aromatic rings. The Kier molecular flexibility index (Phi) is 5.61. The van der Waals surface area contributed by atoms with Crippen molar-refractivity contribution in [2.45, 2.75) is 58.0 Å². The van der Waals surface area contributed by atoms with Crippen LogP contribution in [0.1, 0.15) is 56.2 Å². The van der Waals surface area contributed by atoms with Gasteiger partial charge in [0.1, 0.15) is 0 Å². The van der Waals surface area contributed by atoms with Crippen LogP contribution in [0.4, 0.5) is 0 Å².